The van der Waals surface area contributed by atoms with Gasteiger partial charge in [-0.05, 0) is 28.0 Å². The van der Waals surface area contributed by atoms with Gasteiger partial charge in [0.05, 0.1) is 24.1 Å². The summed E-state index contributed by atoms with van der Waals surface area (Å²) in [5.41, 5.74) is -4.37. The maximum absolute atomic E-state index is 12.2. The lowest BCUT2D eigenvalue weighted by Crippen LogP contribution is -2.33. The van der Waals surface area contributed by atoms with Crippen LogP contribution in [-0.4, -0.2) is 24.7 Å². The number of aromatic nitrogens is 5. The predicted octanol–water partition coefficient (Wildman–Crippen LogP) is 2.21. The molecule has 12 heteroatoms. The number of rotatable bonds is 4. The maximum Gasteiger partial charge on any atom is 0.349 e. The van der Waals surface area contributed by atoms with Gasteiger partial charge in [-0.3, -0.25) is 14.6 Å². The molecule has 0 spiro atoms. The standard InChI is InChI=1S/C17H12BrClN6O4/c1-7(2)13-16(27)21-6-12(22-13)29-14-9(18)3-8(4-10(14)19)25-17(28)23-15(26)11(5-20)24-25/h3-4,6-7H,1-2H3,(H,21,27)(H,23,26,28)/i1D3,3D,4D. The molecule has 1 aromatic carbocycles. The molecule has 10 nitrogen and oxygen atoms in total. The monoisotopic (exact) mass is 483 g/mol. The lowest BCUT2D eigenvalue weighted by molar-refractivity contribution is 0.452. The van der Waals surface area contributed by atoms with Gasteiger partial charge in [0.2, 0.25) is 11.6 Å². The zero-order valence-electron chi connectivity index (χ0n) is 19.3. The van der Waals surface area contributed by atoms with Crippen molar-refractivity contribution in [3.05, 3.63) is 70.4 Å². The maximum atomic E-state index is 12.2. The second-order valence-electron chi connectivity index (χ2n) is 5.46. The molecule has 0 fully saturated rings. The first-order chi connectivity index (χ1) is 15.8. The Bertz CT molecular complexity index is 1500. The highest BCUT2D eigenvalue weighted by molar-refractivity contribution is 9.10. The zero-order valence-corrected chi connectivity index (χ0v) is 16.7. The summed E-state index contributed by atoms with van der Waals surface area (Å²) in [5, 5.41) is 12.2. The van der Waals surface area contributed by atoms with Crippen molar-refractivity contribution in [1.82, 2.24) is 24.7 Å². The summed E-state index contributed by atoms with van der Waals surface area (Å²) in [5.74, 6) is -1.82. The molecule has 0 saturated carbocycles. The average Bonchev–Trinajstić information content (AvgIpc) is 2.76. The average molecular weight is 485 g/mol. The van der Waals surface area contributed by atoms with Crippen LogP contribution in [0.5, 0.6) is 11.6 Å². The molecule has 0 bridgehead atoms. The van der Waals surface area contributed by atoms with Crippen molar-refractivity contribution in [2.24, 2.45) is 0 Å². The van der Waals surface area contributed by atoms with E-state index in [0.29, 0.717) is 4.68 Å². The number of halogens is 2. The van der Waals surface area contributed by atoms with Gasteiger partial charge >= 0.3 is 5.69 Å². The Morgan fingerprint density at radius 2 is 2.17 bits per heavy atom. The van der Waals surface area contributed by atoms with Crippen molar-refractivity contribution >= 4 is 27.5 Å². The van der Waals surface area contributed by atoms with E-state index < -0.39 is 58.1 Å². The van der Waals surface area contributed by atoms with E-state index in [9.17, 15) is 14.4 Å². The molecule has 0 aliphatic carbocycles. The number of ether oxygens (including phenoxy) is 1. The van der Waals surface area contributed by atoms with Gasteiger partial charge in [0, 0.05) is 10.0 Å². The van der Waals surface area contributed by atoms with Crippen LogP contribution in [0.15, 0.2) is 37.1 Å². The Labute approximate surface area is 182 Å². The van der Waals surface area contributed by atoms with Crippen molar-refractivity contribution in [2.45, 2.75) is 19.7 Å². The highest BCUT2D eigenvalue weighted by atomic mass is 79.9. The minimum atomic E-state index is -2.51. The van der Waals surface area contributed by atoms with Crippen LogP contribution in [0.1, 0.15) is 37.9 Å². The third kappa shape index (κ3) is 4.13. The second kappa shape index (κ2) is 8.02. The second-order valence-corrected chi connectivity index (χ2v) is 6.63. The van der Waals surface area contributed by atoms with Gasteiger partial charge in [-0.2, -0.15) is 9.94 Å². The van der Waals surface area contributed by atoms with Crippen LogP contribution in [0, 0.1) is 11.3 Å². The molecule has 0 radical (unpaired) electrons. The van der Waals surface area contributed by atoms with Gasteiger partial charge in [-0.1, -0.05) is 25.4 Å². The largest absolute Gasteiger partial charge is 0.435 e. The van der Waals surface area contributed by atoms with Crippen LogP contribution in [0.25, 0.3) is 5.69 Å². The molecular formula is C17H12BrClN6O4. The van der Waals surface area contributed by atoms with Crippen molar-refractivity contribution in [3.8, 4) is 23.4 Å². The number of hydrogen-bond acceptors (Lipinski definition) is 7. The number of nitrogens with one attached hydrogen (secondary N) is 2. The zero-order chi connectivity index (χ0) is 25.5. The topological polar surface area (TPSA) is 147 Å². The Balaban J connectivity index is 2.17. The van der Waals surface area contributed by atoms with Crippen LogP contribution in [0.3, 0.4) is 0 Å². The summed E-state index contributed by atoms with van der Waals surface area (Å²) in [6.45, 7) is -1.22. The predicted molar refractivity (Wildman–Crippen MR) is 107 cm³/mol. The number of benzene rings is 1. The molecule has 2 N–H and O–H groups in total. The molecule has 2 heterocycles. The molecule has 3 rings (SSSR count). The lowest BCUT2D eigenvalue weighted by atomic mass is 10.1. The fraction of sp³-hybridized carbons (Fsp3) is 0.176. The van der Waals surface area contributed by atoms with Crippen LogP contribution >= 0.6 is 27.5 Å². The molecule has 29 heavy (non-hydrogen) atoms. The van der Waals surface area contributed by atoms with E-state index >= 15 is 0 Å². The number of hydrogen-bond donors (Lipinski definition) is 2. The third-order valence-electron chi connectivity index (χ3n) is 3.41. The fourth-order valence-electron chi connectivity index (χ4n) is 2.12. The fourth-order valence-corrected chi connectivity index (χ4v) is 2.93. The van der Waals surface area contributed by atoms with Crippen LogP contribution in [-0.2, 0) is 0 Å². The minimum absolute atomic E-state index is 0.166. The summed E-state index contributed by atoms with van der Waals surface area (Å²) in [6, 6.07) is 0.357. The molecule has 3 aromatic rings. The number of H-pyrrole nitrogens is 2. The van der Waals surface area contributed by atoms with Gasteiger partial charge in [0.15, 0.2) is 5.75 Å². The van der Waals surface area contributed by atoms with Crippen LogP contribution in [0.2, 0.25) is 5.02 Å². The first-order valence-electron chi connectivity index (χ1n) is 10.2. The van der Waals surface area contributed by atoms with Gasteiger partial charge < -0.3 is 9.72 Å². The first-order valence-corrected chi connectivity index (χ1v) is 8.84. The van der Waals surface area contributed by atoms with Crippen molar-refractivity contribution in [2.75, 3.05) is 0 Å². The third-order valence-corrected chi connectivity index (χ3v) is 4.23. The quantitative estimate of drug-likeness (QED) is 0.577. The summed E-state index contributed by atoms with van der Waals surface area (Å²) in [4.78, 5) is 44.0. The van der Waals surface area contributed by atoms with Crippen LogP contribution < -0.4 is 21.5 Å². The minimum Gasteiger partial charge on any atom is -0.435 e. The molecule has 0 saturated heterocycles. The van der Waals surface area contributed by atoms with Crippen molar-refractivity contribution in [1.29, 1.82) is 5.26 Å². The van der Waals surface area contributed by atoms with Crippen LogP contribution in [0.4, 0.5) is 0 Å². The van der Waals surface area contributed by atoms with Crippen molar-refractivity contribution < 1.29 is 11.6 Å². The molecule has 0 aliphatic heterocycles. The Morgan fingerprint density at radius 1 is 1.41 bits per heavy atom. The SMILES string of the molecule is [2H]c1c(Cl)c(Oc2c[nH]c(=O)c(C(C)C([2H])([2H])[2H])n2)c(Br)c([2H])c1-n1nc(C#N)c(=O)[nH]c1=O. The number of nitriles is 1. The molecule has 2 aromatic heterocycles. The van der Waals surface area contributed by atoms with Crippen molar-refractivity contribution in [3.63, 3.8) is 0 Å². The van der Waals surface area contributed by atoms with Gasteiger partial charge in [-0.25, -0.2) is 9.78 Å². The molecule has 1 unspecified atom stereocenters. The van der Waals surface area contributed by atoms with Gasteiger partial charge in [-0.15, -0.1) is 5.10 Å². The summed E-state index contributed by atoms with van der Waals surface area (Å²) in [6.07, 6.45) is 1.04. The summed E-state index contributed by atoms with van der Waals surface area (Å²) < 4.78 is 45.0. The first kappa shape index (κ1) is 14.7. The molecule has 148 valence electrons. The van der Waals surface area contributed by atoms with E-state index in [1.807, 2.05) is 4.98 Å². The highest BCUT2D eigenvalue weighted by Crippen LogP contribution is 2.37. The molecule has 0 amide bonds. The number of aromatic amines is 2. The lowest BCUT2D eigenvalue weighted by Gasteiger charge is -2.12. The smallest absolute Gasteiger partial charge is 0.349 e. The van der Waals surface area contributed by atoms with E-state index in [0.717, 1.165) is 6.20 Å². The van der Waals surface area contributed by atoms with E-state index in [2.05, 4.69) is 31.0 Å². The van der Waals surface area contributed by atoms with E-state index in [1.165, 1.54) is 13.0 Å². The van der Waals surface area contributed by atoms with Gasteiger partial charge in [0.1, 0.15) is 11.8 Å². The van der Waals surface area contributed by atoms with E-state index in [4.69, 9.17) is 28.5 Å². The Kier molecular flexibility index (Phi) is 4.07. The van der Waals surface area contributed by atoms with E-state index in [1.54, 1.807) is 0 Å². The highest BCUT2D eigenvalue weighted by Gasteiger charge is 2.16. The molecular weight excluding hydrogens is 468 g/mol. The number of nitrogens with zero attached hydrogens (tertiary/aromatic N) is 4. The Hall–Kier alpha value is -3.23. The summed E-state index contributed by atoms with van der Waals surface area (Å²) in [7, 11) is 0. The normalized spacial score (nSPS) is 14.6. The Morgan fingerprint density at radius 3 is 2.86 bits per heavy atom. The summed E-state index contributed by atoms with van der Waals surface area (Å²) >= 11 is 9.33. The molecule has 1 atom stereocenters. The molecule has 0 aliphatic rings. The van der Waals surface area contributed by atoms with Gasteiger partial charge in [0.25, 0.3) is 11.1 Å². The van der Waals surface area contributed by atoms with E-state index in [-0.39, 0.29) is 21.8 Å².